The first-order valence-corrected chi connectivity index (χ1v) is 18.4. The number of aromatic nitrogens is 1. The third-order valence-corrected chi connectivity index (χ3v) is 14.6. The Balaban J connectivity index is 1.43. The van der Waals surface area contributed by atoms with Gasteiger partial charge < -0.3 is 4.57 Å². The lowest BCUT2D eigenvalue weighted by Crippen LogP contribution is -2.74. The summed E-state index contributed by atoms with van der Waals surface area (Å²) in [5.41, 5.74) is 10.2. The molecule has 0 aliphatic heterocycles. The quantitative estimate of drug-likeness (QED) is 0.130. The van der Waals surface area contributed by atoms with Gasteiger partial charge >= 0.3 is 0 Å². The van der Waals surface area contributed by atoms with Gasteiger partial charge in [0, 0.05) is 16.5 Å². The van der Waals surface area contributed by atoms with Crippen molar-refractivity contribution in [2.45, 2.75) is 20.8 Å². The minimum absolute atomic E-state index is 1.18. The van der Waals surface area contributed by atoms with Crippen molar-refractivity contribution in [1.29, 1.82) is 0 Å². The molecule has 226 valence electrons. The molecule has 0 N–H and O–H groups in total. The summed E-state index contributed by atoms with van der Waals surface area (Å²) in [4.78, 5) is 0. The summed E-state index contributed by atoms with van der Waals surface area (Å²) in [5.74, 6) is 0. The van der Waals surface area contributed by atoms with Gasteiger partial charge in [0.1, 0.15) is 0 Å². The second-order valence-electron chi connectivity index (χ2n) is 12.8. The van der Waals surface area contributed by atoms with Crippen LogP contribution in [0.2, 0.25) is 0 Å². The van der Waals surface area contributed by atoms with E-state index in [4.69, 9.17) is 0 Å². The fourth-order valence-electron chi connectivity index (χ4n) is 7.96. The van der Waals surface area contributed by atoms with Crippen LogP contribution in [0, 0.1) is 20.8 Å². The highest BCUT2D eigenvalue weighted by Gasteiger charge is 2.41. The molecule has 1 nitrogen and oxygen atoms in total. The van der Waals surface area contributed by atoms with E-state index in [0.717, 1.165) is 0 Å². The number of hydrogen-bond donors (Lipinski definition) is 0. The van der Waals surface area contributed by atoms with Crippen LogP contribution in [0.3, 0.4) is 0 Å². The Morgan fingerprint density at radius 1 is 0.404 bits per heavy atom. The van der Waals surface area contributed by atoms with Crippen LogP contribution >= 0.6 is 0 Å². The zero-order valence-electron chi connectivity index (χ0n) is 27.1. The minimum Gasteiger partial charge on any atom is -0.309 e. The lowest BCUT2D eigenvalue weighted by Gasteiger charge is -2.34. The first-order chi connectivity index (χ1) is 23.1. The van der Waals surface area contributed by atoms with E-state index in [9.17, 15) is 0 Å². The van der Waals surface area contributed by atoms with Crippen LogP contribution in [-0.2, 0) is 0 Å². The third kappa shape index (κ3) is 4.76. The SMILES string of the molecule is Cc1cc(C)c(-c2ccc([Si](c3ccccc3)(c3ccccc3)c3ccc4c(c3)c3ccccc3n4-c3ccccc3)cc2)c(C)c1. The molecular weight excluding hydrogens is 583 g/mol. The van der Waals surface area contributed by atoms with Gasteiger partial charge in [0.15, 0.2) is 8.07 Å². The molecule has 0 fully saturated rings. The van der Waals surface area contributed by atoms with Crippen LogP contribution in [0.15, 0.2) is 170 Å². The summed E-state index contributed by atoms with van der Waals surface area (Å²) >= 11 is 0. The minimum atomic E-state index is -2.74. The summed E-state index contributed by atoms with van der Waals surface area (Å²) in [6, 6.07) is 63.4. The molecule has 0 spiro atoms. The van der Waals surface area contributed by atoms with Gasteiger partial charge in [0.2, 0.25) is 0 Å². The van der Waals surface area contributed by atoms with Crippen molar-refractivity contribution in [3.8, 4) is 16.8 Å². The van der Waals surface area contributed by atoms with E-state index in [1.54, 1.807) is 0 Å². The first-order valence-electron chi connectivity index (χ1n) is 16.4. The lowest BCUT2D eigenvalue weighted by molar-refractivity contribution is 1.18. The molecule has 0 saturated carbocycles. The Morgan fingerprint density at radius 2 is 0.894 bits per heavy atom. The molecule has 1 aromatic heterocycles. The molecule has 8 rings (SSSR count). The maximum atomic E-state index is 2.51. The Kier molecular flexibility index (Phi) is 7.23. The summed E-state index contributed by atoms with van der Waals surface area (Å²) in [6.07, 6.45) is 0. The Labute approximate surface area is 278 Å². The second-order valence-corrected chi connectivity index (χ2v) is 16.6. The smallest absolute Gasteiger partial charge is 0.179 e. The summed E-state index contributed by atoms with van der Waals surface area (Å²) in [5, 5.41) is 8.09. The molecule has 2 heteroatoms. The zero-order chi connectivity index (χ0) is 32.0. The number of fused-ring (bicyclic) bond motifs is 3. The Hall–Kier alpha value is -5.44. The van der Waals surface area contributed by atoms with Crippen LogP contribution in [0.1, 0.15) is 16.7 Å². The van der Waals surface area contributed by atoms with Crippen molar-refractivity contribution in [2.24, 2.45) is 0 Å². The van der Waals surface area contributed by atoms with Crippen molar-refractivity contribution in [1.82, 2.24) is 4.57 Å². The molecule has 0 radical (unpaired) electrons. The molecule has 0 amide bonds. The maximum absolute atomic E-state index is 2.74. The molecule has 0 saturated heterocycles. The number of aryl methyl sites for hydroxylation is 3. The van der Waals surface area contributed by atoms with Crippen LogP contribution in [0.4, 0.5) is 0 Å². The largest absolute Gasteiger partial charge is 0.309 e. The maximum Gasteiger partial charge on any atom is 0.179 e. The van der Waals surface area contributed by atoms with E-state index in [0.29, 0.717) is 0 Å². The predicted molar refractivity (Wildman–Crippen MR) is 204 cm³/mol. The van der Waals surface area contributed by atoms with E-state index in [1.807, 2.05) is 0 Å². The van der Waals surface area contributed by atoms with Crippen molar-refractivity contribution >= 4 is 50.6 Å². The van der Waals surface area contributed by atoms with Crippen LogP contribution < -0.4 is 20.7 Å². The highest BCUT2D eigenvalue weighted by Crippen LogP contribution is 2.32. The Morgan fingerprint density at radius 3 is 1.51 bits per heavy atom. The molecule has 0 aliphatic rings. The number of hydrogen-bond acceptors (Lipinski definition) is 0. The van der Waals surface area contributed by atoms with Gasteiger partial charge in [-0.25, -0.2) is 0 Å². The van der Waals surface area contributed by atoms with Crippen LogP contribution in [0.25, 0.3) is 38.6 Å². The van der Waals surface area contributed by atoms with E-state index in [2.05, 4.69) is 195 Å². The summed E-state index contributed by atoms with van der Waals surface area (Å²) in [7, 11) is -2.74. The van der Waals surface area contributed by atoms with Crippen LogP contribution in [0.5, 0.6) is 0 Å². The van der Waals surface area contributed by atoms with Gasteiger partial charge in [-0.3, -0.25) is 0 Å². The first kappa shape index (κ1) is 29.0. The number of benzene rings is 7. The molecule has 0 aliphatic carbocycles. The van der Waals surface area contributed by atoms with E-state index in [-0.39, 0.29) is 0 Å². The summed E-state index contributed by atoms with van der Waals surface area (Å²) < 4.78 is 2.41. The number of rotatable bonds is 6. The molecule has 47 heavy (non-hydrogen) atoms. The van der Waals surface area contributed by atoms with Gasteiger partial charge in [-0.05, 0) is 88.0 Å². The van der Waals surface area contributed by atoms with Gasteiger partial charge in [-0.15, -0.1) is 0 Å². The van der Waals surface area contributed by atoms with Gasteiger partial charge in [0.05, 0.1) is 11.0 Å². The zero-order valence-corrected chi connectivity index (χ0v) is 28.1. The number of nitrogens with zero attached hydrogens (tertiary/aromatic N) is 1. The van der Waals surface area contributed by atoms with Crippen LogP contribution in [-0.4, -0.2) is 12.6 Å². The number of para-hydroxylation sites is 2. The predicted octanol–water partition coefficient (Wildman–Crippen LogP) is 8.75. The van der Waals surface area contributed by atoms with E-state index < -0.39 is 8.07 Å². The standard InChI is InChI=1S/C45H37NSi/c1-32-29-33(2)45(34(3)30-32)35-23-25-39(26-24-35)47(37-17-9-5-10-18-37,38-19-11-6-12-20-38)40-27-28-44-42(31-40)41-21-13-14-22-43(41)46(44)36-15-7-4-8-16-36/h4-31H,1-3H3. The molecule has 0 atom stereocenters. The monoisotopic (exact) mass is 619 g/mol. The van der Waals surface area contributed by atoms with Gasteiger partial charge in [-0.2, -0.15) is 0 Å². The summed E-state index contributed by atoms with van der Waals surface area (Å²) in [6.45, 7) is 6.65. The van der Waals surface area contributed by atoms with Crippen molar-refractivity contribution in [3.63, 3.8) is 0 Å². The highest BCUT2D eigenvalue weighted by atomic mass is 28.3. The average molecular weight is 620 g/mol. The molecule has 8 aromatic rings. The van der Waals surface area contributed by atoms with Crippen molar-refractivity contribution in [2.75, 3.05) is 0 Å². The molecule has 0 bridgehead atoms. The molecule has 7 aromatic carbocycles. The molecule has 0 unspecified atom stereocenters. The fraction of sp³-hybridized carbons (Fsp3) is 0.0667. The molecular formula is C45H37NSi. The second kappa shape index (κ2) is 11.7. The fourth-order valence-corrected chi connectivity index (χ4v) is 12.7. The topological polar surface area (TPSA) is 4.93 Å². The average Bonchev–Trinajstić information content (AvgIpc) is 3.44. The highest BCUT2D eigenvalue weighted by molar-refractivity contribution is 7.20. The van der Waals surface area contributed by atoms with E-state index in [1.165, 1.54) is 76.1 Å². The van der Waals surface area contributed by atoms with Gasteiger partial charge in [0.25, 0.3) is 0 Å². The molecule has 1 heterocycles. The Bertz CT molecular complexity index is 2290. The van der Waals surface area contributed by atoms with Gasteiger partial charge in [-0.1, -0.05) is 151 Å². The normalized spacial score (nSPS) is 11.7. The van der Waals surface area contributed by atoms with E-state index >= 15 is 0 Å². The third-order valence-electron chi connectivity index (χ3n) is 9.82. The van der Waals surface area contributed by atoms with Crippen molar-refractivity contribution in [3.05, 3.63) is 187 Å². The van der Waals surface area contributed by atoms with Crippen molar-refractivity contribution < 1.29 is 0 Å². The lowest BCUT2D eigenvalue weighted by atomic mass is 9.94.